The number of nitriles is 1. The predicted molar refractivity (Wildman–Crippen MR) is 61.0 cm³/mol. The molecule has 1 fully saturated rings. The van der Waals surface area contributed by atoms with Crippen molar-refractivity contribution in [1.82, 2.24) is 9.97 Å². The van der Waals surface area contributed by atoms with Gasteiger partial charge in [-0.1, -0.05) is 15.9 Å². The first-order valence-corrected chi connectivity index (χ1v) is 5.96. The summed E-state index contributed by atoms with van der Waals surface area (Å²) in [5, 5.41) is 9.66. The molecule has 16 heavy (non-hydrogen) atoms. The number of halogens is 1. The normalized spacial score (nSPS) is 19.9. The van der Waals surface area contributed by atoms with Gasteiger partial charge in [-0.05, 0) is 5.92 Å². The molecule has 1 atom stereocenters. The van der Waals surface area contributed by atoms with Gasteiger partial charge < -0.3 is 0 Å². The minimum Gasteiger partial charge on any atom is -0.294 e. The molecule has 0 aromatic carbocycles. The van der Waals surface area contributed by atoms with Crippen molar-refractivity contribution in [2.75, 3.05) is 16.8 Å². The lowest BCUT2D eigenvalue weighted by Gasteiger charge is -2.15. The molecule has 0 radical (unpaired) electrons. The number of rotatable bonds is 2. The van der Waals surface area contributed by atoms with Gasteiger partial charge in [0.25, 0.3) is 0 Å². The topological polar surface area (TPSA) is 69.9 Å². The summed E-state index contributed by atoms with van der Waals surface area (Å²) in [6.07, 6.45) is 3.43. The second-order valence-corrected chi connectivity index (χ2v) is 4.22. The maximum absolute atomic E-state index is 11.7. The van der Waals surface area contributed by atoms with Crippen molar-refractivity contribution in [3.8, 4) is 6.07 Å². The first kappa shape index (κ1) is 11.0. The smallest absolute Gasteiger partial charge is 0.228 e. The average molecular weight is 281 g/mol. The maximum atomic E-state index is 11.7. The SMILES string of the molecule is N#Cc1nccnc1N1CC(CBr)CC1=O. The van der Waals surface area contributed by atoms with Gasteiger partial charge in [0.2, 0.25) is 5.91 Å². The van der Waals surface area contributed by atoms with Crippen LogP contribution in [0.1, 0.15) is 12.1 Å². The lowest BCUT2D eigenvalue weighted by Crippen LogP contribution is -2.26. The van der Waals surface area contributed by atoms with E-state index in [1.54, 1.807) is 0 Å². The summed E-state index contributed by atoms with van der Waals surface area (Å²) in [6, 6.07) is 1.95. The van der Waals surface area contributed by atoms with Crippen LogP contribution in [0.5, 0.6) is 0 Å². The van der Waals surface area contributed by atoms with E-state index in [-0.39, 0.29) is 17.5 Å². The number of hydrogen-bond donors (Lipinski definition) is 0. The van der Waals surface area contributed by atoms with Crippen LogP contribution in [0.2, 0.25) is 0 Å². The first-order valence-electron chi connectivity index (χ1n) is 4.83. The molecule has 1 saturated heterocycles. The fourth-order valence-corrected chi connectivity index (χ4v) is 2.13. The third kappa shape index (κ3) is 1.91. The lowest BCUT2D eigenvalue weighted by atomic mass is 10.2. The van der Waals surface area contributed by atoms with Gasteiger partial charge in [0.15, 0.2) is 11.5 Å². The number of aromatic nitrogens is 2. The molecular weight excluding hydrogens is 272 g/mol. The quantitative estimate of drug-likeness (QED) is 0.761. The Labute approximate surface area is 101 Å². The molecule has 1 unspecified atom stereocenters. The summed E-state index contributed by atoms with van der Waals surface area (Å²) in [4.78, 5) is 21.2. The van der Waals surface area contributed by atoms with Crippen molar-refractivity contribution >= 4 is 27.7 Å². The highest BCUT2D eigenvalue weighted by atomic mass is 79.9. The lowest BCUT2D eigenvalue weighted by molar-refractivity contribution is -0.117. The summed E-state index contributed by atoms with van der Waals surface area (Å²) in [5.41, 5.74) is 0.200. The fourth-order valence-electron chi connectivity index (χ4n) is 1.70. The summed E-state index contributed by atoms with van der Waals surface area (Å²) >= 11 is 3.36. The van der Waals surface area contributed by atoms with E-state index in [1.165, 1.54) is 17.3 Å². The average Bonchev–Trinajstić information content (AvgIpc) is 2.70. The molecule has 0 bridgehead atoms. The monoisotopic (exact) mass is 280 g/mol. The van der Waals surface area contributed by atoms with Crippen LogP contribution in [-0.4, -0.2) is 27.7 Å². The second kappa shape index (κ2) is 4.58. The minimum absolute atomic E-state index is 0.00134. The van der Waals surface area contributed by atoms with E-state index in [0.717, 1.165) is 5.33 Å². The van der Waals surface area contributed by atoms with Crippen molar-refractivity contribution in [2.45, 2.75) is 6.42 Å². The van der Waals surface area contributed by atoms with Gasteiger partial charge in [-0.15, -0.1) is 0 Å². The fraction of sp³-hybridized carbons (Fsp3) is 0.400. The van der Waals surface area contributed by atoms with Gasteiger partial charge in [-0.25, -0.2) is 9.97 Å². The number of carbonyl (C=O) groups excluding carboxylic acids is 1. The molecule has 0 spiro atoms. The van der Waals surface area contributed by atoms with Crippen LogP contribution in [0.4, 0.5) is 5.82 Å². The molecule has 2 rings (SSSR count). The number of anilines is 1. The predicted octanol–water partition coefficient (Wildman–Crippen LogP) is 1.10. The molecule has 1 aromatic heterocycles. The van der Waals surface area contributed by atoms with E-state index in [0.29, 0.717) is 18.8 Å². The zero-order valence-corrected chi connectivity index (χ0v) is 10.0. The van der Waals surface area contributed by atoms with Gasteiger partial charge in [-0.2, -0.15) is 5.26 Å². The third-order valence-corrected chi connectivity index (χ3v) is 3.38. The molecule has 1 aromatic rings. The number of hydrogen-bond acceptors (Lipinski definition) is 4. The Morgan fingerprint density at radius 3 is 2.94 bits per heavy atom. The van der Waals surface area contributed by atoms with Crippen molar-refractivity contribution < 1.29 is 4.79 Å². The van der Waals surface area contributed by atoms with Gasteiger partial charge in [0, 0.05) is 30.7 Å². The van der Waals surface area contributed by atoms with Crippen LogP contribution >= 0.6 is 15.9 Å². The molecule has 1 amide bonds. The van der Waals surface area contributed by atoms with Crippen molar-refractivity contribution in [2.24, 2.45) is 5.92 Å². The van der Waals surface area contributed by atoms with Crippen LogP contribution in [0, 0.1) is 17.2 Å². The molecule has 0 N–H and O–H groups in total. The molecule has 6 heteroatoms. The van der Waals surface area contributed by atoms with Gasteiger partial charge in [0.05, 0.1) is 0 Å². The van der Waals surface area contributed by atoms with E-state index in [1.807, 2.05) is 6.07 Å². The van der Waals surface area contributed by atoms with Crippen LogP contribution in [-0.2, 0) is 4.79 Å². The largest absolute Gasteiger partial charge is 0.294 e. The number of alkyl halides is 1. The Balaban J connectivity index is 2.32. The Kier molecular flexibility index (Phi) is 3.15. The van der Waals surface area contributed by atoms with Crippen LogP contribution in [0.25, 0.3) is 0 Å². The molecule has 2 heterocycles. The second-order valence-electron chi connectivity index (χ2n) is 3.57. The molecule has 1 aliphatic heterocycles. The molecule has 82 valence electrons. The molecule has 1 aliphatic rings. The Morgan fingerprint density at radius 1 is 1.56 bits per heavy atom. The van der Waals surface area contributed by atoms with E-state index in [2.05, 4.69) is 25.9 Å². The molecule has 0 aliphatic carbocycles. The Bertz CT molecular complexity index is 456. The maximum Gasteiger partial charge on any atom is 0.228 e. The Morgan fingerprint density at radius 2 is 2.31 bits per heavy atom. The number of carbonyl (C=O) groups is 1. The highest BCUT2D eigenvalue weighted by Gasteiger charge is 2.32. The standard InChI is InChI=1S/C10H9BrN4O/c11-4-7-3-9(16)15(6-7)10-8(5-12)13-1-2-14-10/h1-2,7H,3-4,6H2. The van der Waals surface area contributed by atoms with Gasteiger partial charge >= 0.3 is 0 Å². The highest BCUT2D eigenvalue weighted by Crippen LogP contribution is 2.25. The van der Waals surface area contributed by atoms with Crippen molar-refractivity contribution in [3.05, 3.63) is 18.1 Å². The third-order valence-electron chi connectivity index (χ3n) is 2.46. The van der Waals surface area contributed by atoms with Crippen LogP contribution in [0.15, 0.2) is 12.4 Å². The van der Waals surface area contributed by atoms with Gasteiger partial charge in [0.1, 0.15) is 6.07 Å². The number of amides is 1. The van der Waals surface area contributed by atoms with Crippen LogP contribution in [0.3, 0.4) is 0 Å². The first-order chi connectivity index (χ1) is 7.76. The van der Waals surface area contributed by atoms with Crippen LogP contribution < -0.4 is 4.90 Å². The Hall–Kier alpha value is -1.48. The van der Waals surface area contributed by atoms with E-state index < -0.39 is 0 Å². The van der Waals surface area contributed by atoms with E-state index in [4.69, 9.17) is 5.26 Å². The van der Waals surface area contributed by atoms with Crippen molar-refractivity contribution in [3.63, 3.8) is 0 Å². The summed E-state index contributed by atoms with van der Waals surface area (Å²) in [6.45, 7) is 0.595. The molecule has 0 saturated carbocycles. The molecular formula is C10H9BrN4O. The van der Waals surface area contributed by atoms with Crippen molar-refractivity contribution in [1.29, 1.82) is 5.26 Å². The van der Waals surface area contributed by atoms with E-state index in [9.17, 15) is 4.79 Å². The minimum atomic E-state index is 0.00134. The zero-order valence-electron chi connectivity index (χ0n) is 8.43. The summed E-state index contributed by atoms with van der Waals surface area (Å²) in [7, 11) is 0. The van der Waals surface area contributed by atoms with Gasteiger partial charge in [-0.3, -0.25) is 9.69 Å². The summed E-state index contributed by atoms with van der Waals surface area (Å²) < 4.78 is 0. The highest BCUT2D eigenvalue weighted by molar-refractivity contribution is 9.09. The zero-order chi connectivity index (χ0) is 11.5. The summed E-state index contributed by atoms with van der Waals surface area (Å²) in [5.74, 6) is 0.654. The molecule has 5 nitrogen and oxygen atoms in total. The number of nitrogens with zero attached hydrogens (tertiary/aromatic N) is 4. The van der Waals surface area contributed by atoms with E-state index >= 15 is 0 Å².